The van der Waals surface area contributed by atoms with E-state index in [-0.39, 0.29) is 36.2 Å². The molecule has 0 aromatic carbocycles. The van der Waals surface area contributed by atoms with E-state index in [1.54, 1.807) is 6.08 Å². The van der Waals surface area contributed by atoms with Crippen LogP contribution in [0.3, 0.4) is 0 Å². The van der Waals surface area contributed by atoms with Gasteiger partial charge in [-0.25, -0.2) is 8.42 Å². The molecule has 0 bridgehead atoms. The van der Waals surface area contributed by atoms with Gasteiger partial charge in [-0.15, -0.1) is 0 Å². The van der Waals surface area contributed by atoms with Crippen molar-refractivity contribution in [3.8, 4) is 0 Å². The van der Waals surface area contributed by atoms with Crippen molar-refractivity contribution in [2.45, 2.75) is 92.4 Å². The molecule has 0 spiro atoms. The topological polar surface area (TPSA) is 66.4 Å². The Balaban J connectivity index is 0. The molecule has 0 unspecified atom stereocenters. The van der Waals surface area contributed by atoms with Gasteiger partial charge in [0.05, 0.1) is 6.61 Å². The van der Waals surface area contributed by atoms with E-state index >= 15 is 0 Å². The van der Waals surface area contributed by atoms with Gasteiger partial charge in [0.25, 0.3) is 0 Å². The molecule has 0 aliphatic heterocycles. The van der Waals surface area contributed by atoms with Gasteiger partial charge in [0.15, 0.2) is 0 Å². The first-order valence-corrected chi connectivity index (χ1v) is 11.2. The van der Waals surface area contributed by atoms with Crippen molar-refractivity contribution in [2.24, 2.45) is 17.8 Å². The molecule has 0 aliphatic carbocycles. The van der Waals surface area contributed by atoms with Crippen LogP contribution < -0.4 is 29.6 Å². The second-order valence-electron chi connectivity index (χ2n) is 8.10. The minimum Gasteiger partial charge on any atom is -0.726 e. The van der Waals surface area contributed by atoms with Crippen molar-refractivity contribution in [1.29, 1.82) is 0 Å². The van der Waals surface area contributed by atoms with Gasteiger partial charge in [0.1, 0.15) is 0 Å². The average molecular weight is 399 g/mol. The fraction of sp³-hybridized carbons (Fsp3) is 0.900. The zero-order valence-electron chi connectivity index (χ0n) is 17.9. The molecule has 0 saturated carbocycles. The van der Waals surface area contributed by atoms with Crippen molar-refractivity contribution < 1.29 is 46.7 Å². The molecular formula is C20H39NaO4S. The number of allylic oxidation sites excluding steroid dienone is 1. The number of hydrogen-bond acceptors (Lipinski definition) is 4. The summed E-state index contributed by atoms with van der Waals surface area (Å²) in [6.45, 7) is 11.1. The summed E-state index contributed by atoms with van der Waals surface area (Å²) in [5.41, 5.74) is 1.08. The van der Waals surface area contributed by atoms with E-state index in [1.807, 2.05) is 6.92 Å². The Hall–Kier alpha value is 0.610. The zero-order chi connectivity index (χ0) is 19.3. The first-order chi connectivity index (χ1) is 11.6. The number of rotatable bonds is 15. The molecule has 0 rings (SSSR count). The number of hydrogen-bond donors (Lipinski definition) is 0. The van der Waals surface area contributed by atoms with E-state index in [9.17, 15) is 13.0 Å². The van der Waals surface area contributed by atoms with E-state index in [1.165, 1.54) is 44.9 Å². The Kier molecular flexibility index (Phi) is 18.3. The standard InChI is InChI=1S/C20H40O4S.Na/c1-17(2)9-6-10-18(3)11-7-12-19(4)13-8-14-20(5)15-16-24-25(21,22)23;/h15,17-19H,6-14,16H2,1-5H3,(H,21,22,23);/q;+1/p-1/b20-15+;/t18-,19-;/m1./s1. The van der Waals surface area contributed by atoms with Gasteiger partial charge in [-0.05, 0) is 37.5 Å². The van der Waals surface area contributed by atoms with E-state index in [4.69, 9.17) is 0 Å². The van der Waals surface area contributed by atoms with Gasteiger partial charge in [-0.1, -0.05) is 84.3 Å². The summed E-state index contributed by atoms with van der Waals surface area (Å²) in [4.78, 5) is 0. The molecule has 0 radical (unpaired) electrons. The van der Waals surface area contributed by atoms with Crippen LogP contribution in [-0.2, 0) is 14.6 Å². The van der Waals surface area contributed by atoms with Gasteiger partial charge in [0.2, 0.25) is 10.4 Å². The molecule has 6 heteroatoms. The molecule has 0 fully saturated rings. The molecule has 2 atom stereocenters. The molecule has 26 heavy (non-hydrogen) atoms. The molecule has 0 saturated heterocycles. The largest absolute Gasteiger partial charge is 1.00 e. The third-order valence-corrected chi connectivity index (χ3v) is 5.21. The fourth-order valence-electron chi connectivity index (χ4n) is 3.07. The van der Waals surface area contributed by atoms with Crippen molar-refractivity contribution in [2.75, 3.05) is 6.61 Å². The van der Waals surface area contributed by atoms with E-state index in [0.29, 0.717) is 0 Å². The van der Waals surface area contributed by atoms with Crippen LogP contribution in [0.2, 0.25) is 0 Å². The van der Waals surface area contributed by atoms with Crippen LogP contribution >= 0.6 is 0 Å². The molecule has 4 nitrogen and oxygen atoms in total. The molecule has 150 valence electrons. The van der Waals surface area contributed by atoms with Gasteiger partial charge < -0.3 is 4.55 Å². The molecule has 0 heterocycles. The normalized spacial score (nSPS) is 15.0. The monoisotopic (exact) mass is 398 g/mol. The SMILES string of the molecule is C/C(=C\COS(=O)(=O)[O-])CCC[C@H](C)CCC[C@H](C)CCCC(C)C.[Na+]. The van der Waals surface area contributed by atoms with Gasteiger partial charge in [0, 0.05) is 0 Å². The second kappa shape index (κ2) is 16.6. The van der Waals surface area contributed by atoms with E-state index in [0.717, 1.165) is 36.2 Å². The predicted octanol–water partition coefficient (Wildman–Crippen LogP) is 2.85. The smallest absolute Gasteiger partial charge is 0.726 e. The maximum Gasteiger partial charge on any atom is 1.00 e. The minimum atomic E-state index is -4.58. The maximum atomic E-state index is 10.3. The summed E-state index contributed by atoms with van der Waals surface area (Å²) in [6.07, 6.45) is 12.9. The van der Waals surface area contributed by atoms with Crippen molar-refractivity contribution in [3.63, 3.8) is 0 Å². The zero-order valence-corrected chi connectivity index (χ0v) is 20.7. The molecule has 0 aromatic rings. The molecule has 0 aromatic heterocycles. The predicted molar refractivity (Wildman–Crippen MR) is 104 cm³/mol. The van der Waals surface area contributed by atoms with Crippen LogP contribution in [0.4, 0.5) is 0 Å². The summed E-state index contributed by atoms with van der Waals surface area (Å²) >= 11 is 0. The average Bonchev–Trinajstić information content (AvgIpc) is 2.45. The summed E-state index contributed by atoms with van der Waals surface area (Å²) in [5, 5.41) is 0. The van der Waals surface area contributed by atoms with Gasteiger partial charge in [-0.3, -0.25) is 4.18 Å². The Labute approximate surface area is 184 Å². The third kappa shape index (κ3) is 20.9. The van der Waals surface area contributed by atoms with Crippen molar-refractivity contribution >= 4 is 10.4 Å². The summed E-state index contributed by atoms with van der Waals surface area (Å²) in [5.74, 6) is 2.39. The summed E-state index contributed by atoms with van der Waals surface area (Å²) in [6, 6.07) is 0. The van der Waals surface area contributed by atoms with Gasteiger partial charge in [-0.2, -0.15) is 0 Å². The van der Waals surface area contributed by atoms with Crippen LogP contribution in [0.1, 0.15) is 92.4 Å². The van der Waals surface area contributed by atoms with Gasteiger partial charge >= 0.3 is 29.6 Å². The molecular weight excluding hydrogens is 359 g/mol. The fourth-order valence-corrected chi connectivity index (χ4v) is 3.30. The van der Waals surface area contributed by atoms with Crippen molar-refractivity contribution in [3.05, 3.63) is 11.6 Å². The van der Waals surface area contributed by atoms with Crippen LogP contribution in [0.15, 0.2) is 11.6 Å². The van der Waals surface area contributed by atoms with Crippen LogP contribution in [0.5, 0.6) is 0 Å². The van der Waals surface area contributed by atoms with E-state index in [2.05, 4.69) is 31.9 Å². The van der Waals surface area contributed by atoms with E-state index < -0.39 is 10.4 Å². The van der Waals surface area contributed by atoms with Crippen molar-refractivity contribution in [1.82, 2.24) is 0 Å². The third-order valence-electron chi connectivity index (χ3n) is 4.78. The summed E-state index contributed by atoms with van der Waals surface area (Å²) in [7, 11) is -4.58. The maximum absolute atomic E-state index is 10.3. The Morgan fingerprint density at radius 3 is 1.85 bits per heavy atom. The van der Waals surface area contributed by atoms with Crippen LogP contribution in [0.25, 0.3) is 0 Å². The quantitative estimate of drug-likeness (QED) is 0.184. The Morgan fingerprint density at radius 1 is 0.923 bits per heavy atom. The van der Waals surface area contributed by atoms with Crippen LogP contribution in [-0.4, -0.2) is 19.6 Å². The summed E-state index contributed by atoms with van der Waals surface area (Å²) < 4.78 is 35.2. The Bertz CT molecular complexity index is 460. The first kappa shape index (κ1) is 28.8. The molecule has 0 N–H and O–H groups in total. The Morgan fingerprint density at radius 2 is 1.38 bits per heavy atom. The molecule has 0 amide bonds. The second-order valence-corrected chi connectivity index (χ2v) is 9.15. The molecule has 0 aliphatic rings. The minimum absolute atomic E-state index is 0. The first-order valence-electron chi connectivity index (χ1n) is 9.86. The van der Waals surface area contributed by atoms with Crippen LogP contribution in [0, 0.1) is 17.8 Å².